The van der Waals surface area contributed by atoms with E-state index in [4.69, 9.17) is 15.3 Å². The molecule has 28 heavy (non-hydrogen) atoms. The van der Waals surface area contributed by atoms with Crippen molar-refractivity contribution in [3.8, 4) is 23.9 Å². The van der Waals surface area contributed by atoms with Crippen LogP contribution < -0.4 is 16.0 Å². The van der Waals surface area contributed by atoms with E-state index in [-0.39, 0.29) is 22.7 Å². The monoisotopic (exact) mass is 376 g/mol. The second-order valence-corrected chi connectivity index (χ2v) is 5.97. The quantitative estimate of drug-likeness (QED) is 0.639. The second kappa shape index (κ2) is 7.25. The lowest BCUT2D eigenvalue weighted by Gasteiger charge is -2.07. The summed E-state index contributed by atoms with van der Waals surface area (Å²) in [5, 5.41) is 17.6. The van der Waals surface area contributed by atoms with E-state index in [0.717, 1.165) is 4.57 Å². The number of benzene rings is 1. The highest BCUT2D eigenvalue weighted by Gasteiger charge is 2.19. The first-order chi connectivity index (χ1) is 13.4. The molecule has 3 aromatic rings. The van der Waals surface area contributed by atoms with Gasteiger partial charge in [0.2, 0.25) is 0 Å². The number of nitriles is 2. The van der Waals surface area contributed by atoms with Crippen LogP contribution in [0.2, 0.25) is 0 Å². The Morgan fingerprint density at radius 2 is 1.79 bits per heavy atom. The molecule has 2 heterocycles. The SMILES string of the molecule is CCn1c(Oc2ccc(C=C(C#N)C#N)cc2)nc2c1c(=O)n(C)c(=O)n2C. The molecular formula is C19H16N6O3. The van der Waals surface area contributed by atoms with E-state index in [1.807, 2.05) is 6.92 Å². The zero-order valence-electron chi connectivity index (χ0n) is 15.5. The Labute approximate surface area is 159 Å². The zero-order valence-corrected chi connectivity index (χ0v) is 15.5. The zero-order chi connectivity index (χ0) is 20.4. The van der Waals surface area contributed by atoms with Crippen molar-refractivity contribution < 1.29 is 4.74 Å². The Morgan fingerprint density at radius 3 is 2.36 bits per heavy atom. The molecule has 0 N–H and O–H groups in total. The summed E-state index contributed by atoms with van der Waals surface area (Å²) in [6.45, 7) is 2.27. The van der Waals surface area contributed by atoms with Gasteiger partial charge in [0.05, 0.1) is 0 Å². The lowest BCUT2D eigenvalue weighted by Crippen LogP contribution is -2.37. The number of aryl methyl sites for hydroxylation is 2. The summed E-state index contributed by atoms with van der Waals surface area (Å²) in [4.78, 5) is 29.0. The largest absolute Gasteiger partial charge is 0.425 e. The van der Waals surface area contributed by atoms with Crippen LogP contribution in [0.4, 0.5) is 0 Å². The van der Waals surface area contributed by atoms with Crippen molar-refractivity contribution in [1.82, 2.24) is 18.7 Å². The van der Waals surface area contributed by atoms with Crippen molar-refractivity contribution in [2.24, 2.45) is 14.1 Å². The average Bonchev–Trinajstić information content (AvgIpc) is 3.08. The lowest BCUT2D eigenvalue weighted by molar-refractivity contribution is 0.418. The fourth-order valence-corrected chi connectivity index (χ4v) is 2.79. The average molecular weight is 376 g/mol. The minimum absolute atomic E-state index is 0.00166. The maximum Gasteiger partial charge on any atom is 0.332 e. The van der Waals surface area contributed by atoms with Gasteiger partial charge in [0.25, 0.3) is 5.56 Å². The molecule has 9 nitrogen and oxygen atoms in total. The van der Waals surface area contributed by atoms with Gasteiger partial charge in [-0.1, -0.05) is 12.1 Å². The van der Waals surface area contributed by atoms with Crippen LogP contribution >= 0.6 is 0 Å². The van der Waals surface area contributed by atoms with E-state index in [1.54, 1.807) is 48.0 Å². The summed E-state index contributed by atoms with van der Waals surface area (Å²) in [5.74, 6) is 0.458. The molecule has 0 atom stereocenters. The van der Waals surface area contributed by atoms with E-state index in [1.165, 1.54) is 17.7 Å². The fraction of sp³-hybridized carbons (Fsp3) is 0.211. The molecule has 140 valence electrons. The van der Waals surface area contributed by atoms with E-state index < -0.39 is 11.2 Å². The van der Waals surface area contributed by atoms with E-state index in [9.17, 15) is 9.59 Å². The van der Waals surface area contributed by atoms with Crippen molar-refractivity contribution in [3.63, 3.8) is 0 Å². The van der Waals surface area contributed by atoms with Crippen molar-refractivity contribution in [2.45, 2.75) is 13.5 Å². The molecule has 0 fully saturated rings. The Bertz CT molecular complexity index is 1280. The number of fused-ring (bicyclic) bond motifs is 1. The summed E-state index contributed by atoms with van der Waals surface area (Å²) in [5.41, 5.74) is 0.297. The lowest BCUT2D eigenvalue weighted by atomic mass is 10.1. The van der Waals surface area contributed by atoms with Gasteiger partial charge in [-0.25, -0.2) is 4.79 Å². The third-order valence-corrected chi connectivity index (χ3v) is 4.27. The summed E-state index contributed by atoms with van der Waals surface area (Å²) in [7, 11) is 2.96. The predicted octanol–water partition coefficient (Wildman–Crippen LogP) is 1.68. The maximum absolute atomic E-state index is 12.5. The third-order valence-electron chi connectivity index (χ3n) is 4.27. The maximum atomic E-state index is 12.5. The Kier molecular flexibility index (Phi) is 4.84. The molecule has 0 amide bonds. The van der Waals surface area contributed by atoms with E-state index in [2.05, 4.69) is 4.98 Å². The van der Waals surface area contributed by atoms with E-state index in [0.29, 0.717) is 17.9 Å². The van der Waals surface area contributed by atoms with Gasteiger partial charge in [0.15, 0.2) is 11.2 Å². The molecule has 0 saturated carbocycles. The minimum Gasteiger partial charge on any atom is -0.425 e. The number of rotatable bonds is 4. The molecule has 0 spiro atoms. The number of ether oxygens (including phenoxy) is 1. The molecule has 1 aromatic carbocycles. The van der Waals surface area contributed by atoms with Crippen LogP contribution in [0.25, 0.3) is 17.2 Å². The third kappa shape index (κ3) is 3.06. The molecule has 0 radical (unpaired) electrons. The number of hydrogen-bond acceptors (Lipinski definition) is 6. The topological polar surface area (TPSA) is 119 Å². The van der Waals surface area contributed by atoms with Crippen LogP contribution in [0.15, 0.2) is 39.4 Å². The summed E-state index contributed by atoms with van der Waals surface area (Å²) >= 11 is 0. The molecule has 0 saturated heterocycles. The van der Waals surface area contributed by atoms with Crippen LogP contribution in [-0.4, -0.2) is 18.7 Å². The van der Waals surface area contributed by atoms with Crippen LogP contribution in [0, 0.1) is 22.7 Å². The van der Waals surface area contributed by atoms with Crippen LogP contribution in [0.5, 0.6) is 11.8 Å². The van der Waals surface area contributed by atoms with E-state index >= 15 is 0 Å². The standard InChI is InChI=1S/C19H16N6O3/c1-4-25-15-16(23(2)19(27)24(3)17(15)26)22-18(25)28-14-7-5-12(6-8-14)9-13(10-20)11-21/h5-9H,4H2,1-3H3. The van der Waals surface area contributed by atoms with Crippen molar-refractivity contribution >= 4 is 17.2 Å². The molecule has 0 aliphatic rings. The molecule has 0 aliphatic heterocycles. The highest BCUT2D eigenvalue weighted by Crippen LogP contribution is 2.24. The van der Waals surface area contributed by atoms with Gasteiger partial charge in [-0.3, -0.25) is 18.5 Å². The predicted molar refractivity (Wildman–Crippen MR) is 102 cm³/mol. The molecular weight excluding hydrogens is 360 g/mol. The fourth-order valence-electron chi connectivity index (χ4n) is 2.79. The van der Waals surface area contributed by atoms with Crippen molar-refractivity contribution in [2.75, 3.05) is 0 Å². The van der Waals surface area contributed by atoms with Crippen molar-refractivity contribution in [3.05, 3.63) is 56.2 Å². The van der Waals surface area contributed by atoms with Gasteiger partial charge in [0.1, 0.15) is 23.5 Å². The number of aromatic nitrogens is 4. The van der Waals surface area contributed by atoms with Gasteiger partial charge in [-0.05, 0) is 30.7 Å². The second-order valence-electron chi connectivity index (χ2n) is 5.97. The molecule has 3 rings (SSSR count). The van der Waals surface area contributed by atoms with Gasteiger partial charge in [-0.15, -0.1) is 0 Å². The number of allylic oxidation sites excluding steroid dienone is 1. The first kappa shape index (κ1) is 18.7. The molecule has 0 unspecified atom stereocenters. The minimum atomic E-state index is -0.466. The smallest absolute Gasteiger partial charge is 0.332 e. The van der Waals surface area contributed by atoms with Crippen LogP contribution in [0.3, 0.4) is 0 Å². The highest BCUT2D eigenvalue weighted by molar-refractivity contribution is 5.72. The van der Waals surface area contributed by atoms with Crippen LogP contribution in [0.1, 0.15) is 12.5 Å². The number of nitrogens with zero attached hydrogens (tertiary/aromatic N) is 6. The highest BCUT2D eigenvalue weighted by atomic mass is 16.5. The Morgan fingerprint density at radius 1 is 1.14 bits per heavy atom. The number of imidazole rings is 1. The van der Waals surface area contributed by atoms with Gasteiger partial charge in [-0.2, -0.15) is 15.5 Å². The Balaban J connectivity index is 2.05. The Hall–Kier alpha value is -4.11. The first-order valence-electron chi connectivity index (χ1n) is 8.37. The molecule has 0 bridgehead atoms. The van der Waals surface area contributed by atoms with Crippen molar-refractivity contribution in [1.29, 1.82) is 10.5 Å². The molecule has 9 heteroatoms. The summed E-state index contributed by atoms with van der Waals surface area (Å²) < 4.78 is 9.76. The van der Waals surface area contributed by atoms with Crippen LogP contribution in [-0.2, 0) is 20.6 Å². The molecule has 0 aliphatic carbocycles. The van der Waals surface area contributed by atoms with Gasteiger partial charge < -0.3 is 4.74 Å². The first-order valence-corrected chi connectivity index (χ1v) is 8.37. The normalized spacial score (nSPS) is 10.3. The van der Waals surface area contributed by atoms with Gasteiger partial charge in [0, 0.05) is 20.6 Å². The summed E-state index contributed by atoms with van der Waals surface area (Å²) in [6.07, 6.45) is 1.46. The summed E-state index contributed by atoms with van der Waals surface area (Å²) in [6, 6.07) is 10.5. The van der Waals surface area contributed by atoms with Gasteiger partial charge >= 0.3 is 11.7 Å². The molecule has 2 aromatic heterocycles. The number of hydrogen-bond donors (Lipinski definition) is 0.